The fraction of sp³-hybridized carbons (Fsp3) is 0.400. The van der Waals surface area contributed by atoms with Crippen molar-refractivity contribution in [2.45, 2.75) is 28.4 Å². The number of rotatable bonds is 1. The van der Waals surface area contributed by atoms with Crippen molar-refractivity contribution in [3.05, 3.63) is 59.2 Å². The van der Waals surface area contributed by atoms with Crippen molar-refractivity contribution in [3.8, 4) is 0 Å². The van der Waals surface area contributed by atoms with Gasteiger partial charge in [-0.1, -0.05) is 36.0 Å². The summed E-state index contributed by atoms with van der Waals surface area (Å²) in [6.45, 7) is 4.33. The second-order valence-electron chi connectivity index (χ2n) is 7.33. The van der Waals surface area contributed by atoms with Gasteiger partial charge in [0.1, 0.15) is 32.2 Å². The Morgan fingerprint density at radius 3 is 2.42 bits per heavy atom. The van der Waals surface area contributed by atoms with Crippen LogP contribution in [0.4, 0.5) is 13.2 Å². The Hall–Kier alpha value is -1.50. The molecular weight excluding hydrogens is 357 g/mol. The molecule has 0 bridgehead atoms. The first-order valence-corrected chi connectivity index (χ1v) is 9.86. The molecule has 1 atom stereocenters. The van der Waals surface area contributed by atoms with Gasteiger partial charge in [0.15, 0.2) is 0 Å². The van der Waals surface area contributed by atoms with E-state index in [0.29, 0.717) is 0 Å². The van der Waals surface area contributed by atoms with Gasteiger partial charge in [0.05, 0.1) is 12.6 Å². The van der Waals surface area contributed by atoms with Crippen LogP contribution in [0.15, 0.2) is 52.3 Å². The fourth-order valence-electron chi connectivity index (χ4n) is 4.02. The third kappa shape index (κ3) is 3.50. The Kier molecular flexibility index (Phi) is 4.75. The molecule has 0 saturated carbocycles. The number of hydrogen-bond acceptors (Lipinski definition) is 1. The summed E-state index contributed by atoms with van der Waals surface area (Å²) in [5.41, 5.74) is 1.75. The summed E-state index contributed by atoms with van der Waals surface area (Å²) in [5, 5.41) is 0. The Morgan fingerprint density at radius 2 is 1.69 bits per heavy atom. The van der Waals surface area contributed by atoms with E-state index < -0.39 is 11.7 Å². The topological polar surface area (TPSA) is 8.88 Å². The number of quaternary nitrogens is 2. The van der Waals surface area contributed by atoms with Gasteiger partial charge < -0.3 is 9.80 Å². The van der Waals surface area contributed by atoms with Gasteiger partial charge in [-0.3, -0.25) is 0 Å². The van der Waals surface area contributed by atoms with Gasteiger partial charge in [-0.2, -0.15) is 13.2 Å². The molecule has 2 aromatic carbocycles. The van der Waals surface area contributed by atoms with Crippen LogP contribution in [0, 0.1) is 0 Å². The van der Waals surface area contributed by atoms with Crippen molar-refractivity contribution in [1.82, 2.24) is 0 Å². The SMILES string of the molecule is C[NH+]1CC[NH+]([C@@H]2Cc3ccccc3Sc3cc(C(F)(F)F)ccc32)CC1. The van der Waals surface area contributed by atoms with Gasteiger partial charge >= 0.3 is 6.18 Å². The maximum absolute atomic E-state index is 13.2. The smallest absolute Gasteiger partial charge is 0.328 e. The minimum absolute atomic E-state index is 0.219. The summed E-state index contributed by atoms with van der Waals surface area (Å²) in [4.78, 5) is 4.86. The maximum atomic E-state index is 13.2. The van der Waals surface area contributed by atoms with Gasteiger partial charge in [-0.15, -0.1) is 0 Å². The summed E-state index contributed by atoms with van der Waals surface area (Å²) < 4.78 is 39.7. The highest BCUT2D eigenvalue weighted by Gasteiger charge is 2.36. The lowest BCUT2D eigenvalue weighted by molar-refractivity contribution is -1.02. The standard InChI is InChI=1S/C20H21F3N2S/c1-24-8-10-25(11-9-24)17-12-14-4-2-3-5-18(14)26-19-13-15(20(21,22)23)6-7-16(17)19/h2-7,13,17H,8-12H2,1H3/p+2/t17-/m1/s1. The van der Waals surface area contributed by atoms with Gasteiger partial charge in [-0.05, 0) is 23.8 Å². The first kappa shape index (κ1) is 17.9. The molecule has 2 N–H and O–H groups in total. The molecular formula is C20H23F3N2S+2. The maximum Gasteiger partial charge on any atom is 0.416 e. The zero-order valence-electron chi connectivity index (χ0n) is 14.7. The van der Waals surface area contributed by atoms with Crippen LogP contribution < -0.4 is 9.80 Å². The van der Waals surface area contributed by atoms with Crippen molar-refractivity contribution in [2.24, 2.45) is 0 Å². The van der Waals surface area contributed by atoms with E-state index in [1.54, 1.807) is 6.07 Å². The van der Waals surface area contributed by atoms with Gasteiger partial charge in [0.2, 0.25) is 0 Å². The van der Waals surface area contributed by atoms with E-state index in [0.717, 1.165) is 48.0 Å². The van der Waals surface area contributed by atoms with Crippen molar-refractivity contribution in [3.63, 3.8) is 0 Å². The fourth-order valence-corrected chi connectivity index (χ4v) is 5.20. The number of nitrogens with one attached hydrogen (secondary N) is 2. The number of benzene rings is 2. The average Bonchev–Trinajstić information content (AvgIpc) is 2.77. The molecule has 2 aliphatic heterocycles. The molecule has 4 rings (SSSR count). The van der Waals surface area contributed by atoms with Crippen molar-refractivity contribution in [1.29, 1.82) is 0 Å². The van der Waals surface area contributed by atoms with Gasteiger partial charge in [0.25, 0.3) is 0 Å². The largest absolute Gasteiger partial charge is 0.416 e. The number of fused-ring (bicyclic) bond motifs is 2. The van der Waals surface area contributed by atoms with Crippen molar-refractivity contribution >= 4 is 11.8 Å². The summed E-state index contributed by atoms with van der Waals surface area (Å²) in [5.74, 6) is 0. The predicted octanol–water partition coefficient (Wildman–Crippen LogP) is 1.87. The molecule has 0 unspecified atom stereocenters. The number of piperazine rings is 1. The Bertz CT molecular complexity index is 798. The van der Waals surface area contributed by atoms with Crippen LogP contribution >= 0.6 is 11.8 Å². The lowest BCUT2D eigenvalue weighted by atomic mass is 9.95. The Morgan fingerprint density at radius 1 is 0.962 bits per heavy atom. The van der Waals surface area contributed by atoms with E-state index in [2.05, 4.69) is 13.1 Å². The summed E-state index contributed by atoms with van der Waals surface area (Å²) in [6.07, 6.45) is -3.42. The minimum Gasteiger partial charge on any atom is -0.328 e. The first-order valence-electron chi connectivity index (χ1n) is 9.04. The molecule has 2 aromatic rings. The molecule has 0 aliphatic carbocycles. The average molecular weight is 380 g/mol. The van der Waals surface area contributed by atoms with Crippen LogP contribution in [-0.2, 0) is 12.6 Å². The molecule has 0 aromatic heterocycles. The normalized spacial score (nSPS) is 25.9. The van der Waals surface area contributed by atoms with E-state index in [9.17, 15) is 13.2 Å². The molecule has 1 fully saturated rings. The van der Waals surface area contributed by atoms with E-state index in [1.165, 1.54) is 39.3 Å². The van der Waals surface area contributed by atoms with E-state index in [4.69, 9.17) is 0 Å². The van der Waals surface area contributed by atoms with Crippen LogP contribution in [-0.4, -0.2) is 33.2 Å². The molecule has 2 aliphatic rings. The number of likely N-dealkylation sites (N-methyl/N-ethyl adjacent to an activating group) is 1. The summed E-state index contributed by atoms with van der Waals surface area (Å²) in [7, 11) is 2.21. The number of hydrogen-bond donors (Lipinski definition) is 2. The lowest BCUT2D eigenvalue weighted by Gasteiger charge is -2.33. The van der Waals surface area contributed by atoms with E-state index in [-0.39, 0.29) is 6.04 Å². The van der Waals surface area contributed by atoms with Crippen LogP contribution in [0.2, 0.25) is 0 Å². The second-order valence-corrected chi connectivity index (χ2v) is 8.42. The molecule has 0 radical (unpaired) electrons. The zero-order valence-corrected chi connectivity index (χ0v) is 15.5. The highest BCUT2D eigenvalue weighted by atomic mass is 32.2. The number of alkyl halides is 3. The third-order valence-corrected chi connectivity index (χ3v) is 6.76. The summed E-state index contributed by atoms with van der Waals surface area (Å²) in [6, 6.07) is 12.7. The highest BCUT2D eigenvalue weighted by molar-refractivity contribution is 7.99. The molecule has 0 spiro atoms. The monoisotopic (exact) mass is 380 g/mol. The number of halogens is 3. The summed E-state index contributed by atoms with van der Waals surface area (Å²) >= 11 is 1.48. The molecule has 26 heavy (non-hydrogen) atoms. The predicted molar refractivity (Wildman–Crippen MR) is 95.8 cm³/mol. The van der Waals surface area contributed by atoms with Crippen LogP contribution in [0.25, 0.3) is 0 Å². The highest BCUT2D eigenvalue weighted by Crippen LogP contribution is 2.42. The molecule has 2 heterocycles. The van der Waals surface area contributed by atoms with Gasteiger partial charge in [0, 0.05) is 21.8 Å². The second kappa shape index (κ2) is 6.91. The molecule has 138 valence electrons. The van der Waals surface area contributed by atoms with Crippen molar-refractivity contribution in [2.75, 3.05) is 33.2 Å². The van der Waals surface area contributed by atoms with Crippen LogP contribution in [0.5, 0.6) is 0 Å². The van der Waals surface area contributed by atoms with Crippen molar-refractivity contribution < 1.29 is 23.0 Å². The third-order valence-electron chi connectivity index (χ3n) is 5.57. The molecule has 2 nitrogen and oxygen atoms in total. The molecule has 1 saturated heterocycles. The Labute approximate surface area is 156 Å². The molecule has 6 heteroatoms. The lowest BCUT2D eigenvalue weighted by Crippen LogP contribution is -3.27. The quantitative estimate of drug-likeness (QED) is 0.768. The van der Waals surface area contributed by atoms with Crippen LogP contribution in [0.3, 0.4) is 0 Å². The first-order chi connectivity index (χ1) is 12.4. The zero-order chi connectivity index (χ0) is 18.3. The Balaban J connectivity index is 1.77. The van der Waals surface area contributed by atoms with Crippen LogP contribution in [0.1, 0.15) is 22.7 Å². The minimum atomic E-state index is -4.30. The molecule has 0 amide bonds. The van der Waals surface area contributed by atoms with Gasteiger partial charge in [-0.25, -0.2) is 0 Å². The van der Waals surface area contributed by atoms with E-state index >= 15 is 0 Å². The van der Waals surface area contributed by atoms with E-state index in [1.807, 2.05) is 18.2 Å².